The highest BCUT2D eigenvalue weighted by Crippen LogP contribution is 2.29. The zero-order valence-electron chi connectivity index (χ0n) is 18.3. The molecule has 3 aliphatic rings. The fourth-order valence-electron chi connectivity index (χ4n) is 5.60. The van der Waals surface area contributed by atoms with Crippen LogP contribution in [-0.4, -0.2) is 66.0 Å². The summed E-state index contributed by atoms with van der Waals surface area (Å²) in [7, 11) is 0. The summed E-state index contributed by atoms with van der Waals surface area (Å²) in [6, 6.07) is 1.02. The summed E-state index contributed by atoms with van der Waals surface area (Å²) in [4.78, 5) is 19.9. The van der Waals surface area contributed by atoms with Crippen LogP contribution in [0.4, 0.5) is 4.79 Å². The lowest BCUT2D eigenvalue weighted by Crippen LogP contribution is -2.53. The summed E-state index contributed by atoms with van der Waals surface area (Å²) < 4.78 is 0. The third-order valence-electron chi connectivity index (χ3n) is 7.46. The Kier molecular flexibility index (Phi) is 7.47. The van der Waals surface area contributed by atoms with Crippen molar-refractivity contribution in [2.45, 2.75) is 78.7 Å². The first-order valence-corrected chi connectivity index (χ1v) is 11.7. The van der Waals surface area contributed by atoms with E-state index in [1.165, 1.54) is 58.0 Å². The summed E-state index contributed by atoms with van der Waals surface area (Å²) in [5.41, 5.74) is 0. The van der Waals surface area contributed by atoms with Gasteiger partial charge < -0.3 is 14.7 Å². The molecular weight excluding hydrogens is 334 g/mol. The van der Waals surface area contributed by atoms with Gasteiger partial charge in [-0.2, -0.15) is 0 Å². The number of amides is 2. The van der Waals surface area contributed by atoms with Gasteiger partial charge in [-0.15, -0.1) is 0 Å². The SMILES string of the molecule is CC(C)CC1CCN(C(=O)N2CCC(N3CCC(C(C)C)CC3)CC2)CC1. The molecule has 3 fully saturated rings. The molecule has 3 rings (SSSR count). The number of hydrogen-bond acceptors (Lipinski definition) is 2. The Hall–Kier alpha value is -0.770. The van der Waals surface area contributed by atoms with Crippen LogP contribution in [0.1, 0.15) is 72.6 Å². The minimum Gasteiger partial charge on any atom is -0.325 e. The van der Waals surface area contributed by atoms with E-state index in [1.807, 2.05) is 0 Å². The average Bonchev–Trinajstić information content (AvgIpc) is 2.68. The van der Waals surface area contributed by atoms with Crippen molar-refractivity contribution in [3.63, 3.8) is 0 Å². The molecule has 0 N–H and O–H groups in total. The molecule has 0 saturated carbocycles. The van der Waals surface area contributed by atoms with Crippen molar-refractivity contribution >= 4 is 6.03 Å². The van der Waals surface area contributed by atoms with Crippen LogP contribution in [-0.2, 0) is 0 Å². The largest absolute Gasteiger partial charge is 0.325 e. The number of urea groups is 1. The van der Waals surface area contributed by atoms with Crippen molar-refractivity contribution in [1.29, 1.82) is 0 Å². The van der Waals surface area contributed by atoms with E-state index >= 15 is 0 Å². The number of carbonyl (C=O) groups excluding carboxylic acids is 1. The number of piperidine rings is 3. The van der Waals surface area contributed by atoms with Gasteiger partial charge in [0.15, 0.2) is 0 Å². The predicted molar refractivity (Wildman–Crippen MR) is 113 cm³/mol. The zero-order valence-corrected chi connectivity index (χ0v) is 18.3. The highest BCUT2D eigenvalue weighted by atomic mass is 16.2. The average molecular weight is 378 g/mol. The molecule has 4 nitrogen and oxygen atoms in total. The van der Waals surface area contributed by atoms with Crippen LogP contribution in [0.15, 0.2) is 0 Å². The molecule has 0 bridgehead atoms. The molecule has 0 unspecified atom stereocenters. The maximum absolute atomic E-state index is 12.9. The maximum Gasteiger partial charge on any atom is 0.319 e. The second-order valence-electron chi connectivity index (χ2n) is 10.2. The quantitative estimate of drug-likeness (QED) is 0.710. The minimum atomic E-state index is 0.315. The summed E-state index contributed by atoms with van der Waals surface area (Å²) in [6.45, 7) is 15.8. The van der Waals surface area contributed by atoms with Crippen LogP contribution in [0.5, 0.6) is 0 Å². The lowest BCUT2D eigenvalue weighted by atomic mass is 9.85. The van der Waals surface area contributed by atoms with Gasteiger partial charge in [-0.1, -0.05) is 27.7 Å². The monoisotopic (exact) mass is 377 g/mol. The first-order valence-electron chi connectivity index (χ1n) is 11.7. The minimum absolute atomic E-state index is 0.315. The van der Waals surface area contributed by atoms with Crippen molar-refractivity contribution in [3.8, 4) is 0 Å². The van der Waals surface area contributed by atoms with E-state index in [0.717, 1.165) is 49.9 Å². The first-order chi connectivity index (χ1) is 12.9. The van der Waals surface area contributed by atoms with Gasteiger partial charge in [0.05, 0.1) is 0 Å². The smallest absolute Gasteiger partial charge is 0.319 e. The van der Waals surface area contributed by atoms with E-state index in [2.05, 4.69) is 42.4 Å². The van der Waals surface area contributed by atoms with Crippen LogP contribution < -0.4 is 0 Å². The maximum atomic E-state index is 12.9. The zero-order chi connectivity index (χ0) is 19.4. The van der Waals surface area contributed by atoms with Gasteiger partial charge in [-0.05, 0) is 81.7 Å². The van der Waals surface area contributed by atoms with E-state index in [0.29, 0.717) is 12.1 Å². The second-order valence-corrected chi connectivity index (χ2v) is 10.2. The van der Waals surface area contributed by atoms with Crippen molar-refractivity contribution in [3.05, 3.63) is 0 Å². The van der Waals surface area contributed by atoms with Gasteiger partial charge in [0.2, 0.25) is 0 Å². The summed E-state index contributed by atoms with van der Waals surface area (Å²) in [5.74, 6) is 3.35. The van der Waals surface area contributed by atoms with Crippen LogP contribution in [0.2, 0.25) is 0 Å². The Morgan fingerprint density at radius 3 is 1.78 bits per heavy atom. The molecule has 0 radical (unpaired) electrons. The van der Waals surface area contributed by atoms with Crippen molar-refractivity contribution < 1.29 is 4.79 Å². The molecular formula is C23H43N3O. The molecule has 2 amide bonds. The molecule has 0 spiro atoms. The first kappa shape index (κ1) is 21.0. The molecule has 3 heterocycles. The van der Waals surface area contributed by atoms with Crippen LogP contribution in [0, 0.1) is 23.7 Å². The van der Waals surface area contributed by atoms with Gasteiger partial charge in [0.1, 0.15) is 0 Å². The lowest BCUT2D eigenvalue weighted by Gasteiger charge is -2.44. The van der Waals surface area contributed by atoms with E-state index in [9.17, 15) is 4.79 Å². The molecule has 0 aromatic carbocycles. The Morgan fingerprint density at radius 2 is 1.30 bits per heavy atom. The Labute approximate surface area is 167 Å². The van der Waals surface area contributed by atoms with E-state index in [1.54, 1.807) is 0 Å². The Morgan fingerprint density at radius 1 is 0.778 bits per heavy atom. The van der Waals surface area contributed by atoms with E-state index in [-0.39, 0.29) is 0 Å². The van der Waals surface area contributed by atoms with Crippen molar-refractivity contribution in [2.75, 3.05) is 39.3 Å². The van der Waals surface area contributed by atoms with Gasteiger partial charge in [0.25, 0.3) is 0 Å². The Balaban J connectivity index is 1.39. The Bertz CT molecular complexity index is 454. The molecule has 0 aliphatic carbocycles. The van der Waals surface area contributed by atoms with E-state index < -0.39 is 0 Å². The lowest BCUT2D eigenvalue weighted by molar-refractivity contribution is 0.0662. The molecule has 3 aliphatic heterocycles. The third-order valence-corrected chi connectivity index (χ3v) is 7.46. The van der Waals surface area contributed by atoms with E-state index in [4.69, 9.17) is 0 Å². The predicted octanol–water partition coefficient (Wildman–Crippen LogP) is 4.70. The van der Waals surface area contributed by atoms with Crippen LogP contribution in [0.25, 0.3) is 0 Å². The molecule has 0 aromatic rings. The number of rotatable bonds is 4. The van der Waals surface area contributed by atoms with Gasteiger partial charge in [-0.25, -0.2) is 4.79 Å². The molecule has 0 atom stereocenters. The van der Waals surface area contributed by atoms with Crippen LogP contribution >= 0.6 is 0 Å². The second kappa shape index (κ2) is 9.62. The normalized spacial score (nSPS) is 25.0. The fraction of sp³-hybridized carbons (Fsp3) is 0.957. The topological polar surface area (TPSA) is 26.8 Å². The fourth-order valence-corrected chi connectivity index (χ4v) is 5.60. The number of likely N-dealkylation sites (tertiary alicyclic amines) is 3. The third kappa shape index (κ3) is 5.62. The number of hydrogen-bond donors (Lipinski definition) is 0. The highest BCUT2D eigenvalue weighted by Gasteiger charge is 2.32. The summed E-state index contributed by atoms with van der Waals surface area (Å²) in [5, 5.41) is 0. The number of carbonyl (C=O) groups is 1. The molecule has 156 valence electrons. The van der Waals surface area contributed by atoms with Crippen LogP contribution in [0.3, 0.4) is 0 Å². The molecule has 3 saturated heterocycles. The van der Waals surface area contributed by atoms with Crippen molar-refractivity contribution in [1.82, 2.24) is 14.7 Å². The molecule has 4 heteroatoms. The molecule has 0 aromatic heterocycles. The summed E-state index contributed by atoms with van der Waals surface area (Å²) in [6.07, 6.45) is 8.78. The molecule has 27 heavy (non-hydrogen) atoms. The standard InChI is InChI=1S/C23H43N3O/c1-18(2)17-20-5-11-25(12-6-20)23(27)26-15-9-22(10-16-26)24-13-7-21(8-14-24)19(3)4/h18-22H,5-17H2,1-4H3. The summed E-state index contributed by atoms with van der Waals surface area (Å²) >= 11 is 0. The van der Waals surface area contributed by atoms with Gasteiger partial charge in [0, 0.05) is 32.2 Å². The van der Waals surface area contributed by atoms with Gasteiger partial charge >= 0.3 is 6.03 Å². The van der Waals surface area contributed by atoms with Crippen molar-refractivity contribution in [2.24, 2.45) is 23.7 Å². The van der Waals surface area contributed by atoms with Gasteiger partial charge in [-0.3, -0.25) is 0 Å². The highest BCUT2D eigenvalue weighted by molar-refractivity contribution is 5.74. The number of nitrogens with zero attached hydrogens (tertiary/aromatic N) is 3.